The first-order chi connectivity index (χ1) is 10.2. The van der Waals surface area contributed by atoms with Crippen LogP contribution in [0.1, 0.15) is 46.5 Å². The summed E-state index contributed by atoms with van der Waals surface area (Å²) in [5.74, 6) is 2.70. The molecule has 2 unspecified atom stereocenters. The lowest BCUT2D eigenvalue weighted by atomic mass is 9.91. The molecule has 3 rings (SSSR count). The first-order valence-corrected chi connectivity index (χ1v) is 9.37. The van der Waals surface area contributed by atoms with E-state index in [1.807, 2.05) is 0 Å². The molecule has 21 heavy (non-hydrogen) atoms. The van der Waals surface area contributed by atoms with Crippen LogP contribution in [0.2, 0.25) is 0 Å². The van der Waals surface area contributed by atoms with Crippen LogP contribution in [0.15, 0.2) is 0 Å². The molecule has 1 N–H and O–H groups in total. The standard InChI is InChI=1S/C18H35N3/c1-4-20-9-7-15(8-10-20)12-21-13-17(16-5-6-16)19-11-18(21)14(2)3/h14-19H,4-13H2,1-3H3. The van der Waals surface area contributed by atoms with Crippen molar-refractivity contribution in [3.8, 4) is 0 Å². The molecular weight excluding hydrogens is 258 g/mol. The van der Waals surface area contributed by atoms with Crippen LogP contribution in [0, 0.1) is 17.8 Å². The minimum Gasteiger partial charge on any atom is -0.311 e. The Morgan fingerprint density at radius 1 is 1.10 bits per heavy atom. The Bertz CT molecular complexity index is 318. The smallest absolute Gasteiger partial charge is 0.0244 e. The second kappa shape index (κ2) is 6.97. The van der Waals surface area contributed by atoms with Crippen molar-refractivity contribution in [3.63, 3.8) is 0 Å². The van der Waals surface area contributed by atoms with Crippen molar-refractivity contribution in [2.75, 3.05) is 39.3 Å². The molecule has 0 radical (unpaired) electrons. The van der Waals surface area contributed by atoms with Crippen molar-refractivity contribution in [3.05, 3.63) is 0 Å². The van der Waals surface area contributed by atoms with E-state index >= 15 is 0 Å². The van der Waals surface area contributed by atoms with Crippen LogP contribution < -0.4 is 5.32 Å². The van der Waals surface area contributed by atoms with Crippen LogP contribution in [0.4, 0.5) is 0 Å². The maximum absolute atomic E-state index is 3.85. The number of nitrogens with zero attached hydrogens (tertiary/aromatic N) is 2. The largest absolute Gasteiger partial charge is 0.311 e. The molecule has 2 saturated heterocycles. The summed E-state index contributed by atoms with van der Waals surface area (Å²) >= 11 is 0. The molecule has 0 aromatic carbocycles. The van der Waals surface area contributed by atoms with Gasteiger partial charge in [-0.1, -0.05) is 20.8 Å². The highest BCUT2D eigenvalue weighted by Gasteiger charge is 2.38. The quantitative estimate of drug-likeness (QED) is 0.840. The molecule has 0 bridgehead atoms. The van der Waals surface area contributed by atoms with Gasteiger partial charge in [0.2, 0.25) is 0 Å². The van der Waals surface area contributed by atoms with Gasteiger partial charge in [0.15, 0.2) is 0 Å². The first-order valence-electron chi connectivity index (χ1n) is 9.37. The van der Waals surface area contributed by atoms with Crippen molar-refractivity contribution in [1.82, 2.24) is 15.1 Å². The summed E-state index contributed by atoms with van der Waals surface area (Å²) in [6.45, 7) is 14.9. The van der Waals surface area contributed by atoms with E-state index in [0.717, 1.165) is 29.8 Å². The van der Waals surface area contributed by atoms with E-state index in [1.165, 1.54) is 65.0 Å². The molecule has 3 heteroatoms. The Balaban J connectivity index is 1.54. The molecular formula is C18H35N3. The van der Waals surface area contributed by atoms with E-state index in [9.17, 15) is 0 Å². The van der Waals surface area contributed by atoms with E-state index in [-0.39, 0.29) is 0 Å². The first kappa shape index (κ1) is 15.8. The van der Waals surface area contributed by atoms with Gasteiger partial charge in [-0.25, -0.2) is 0 Å². The molecule has 122 valence electrons. The highest BCUT2D eigenvalue weighted by atomic mass is 15.2. The summed E-state index contributed by atoms with van der Waals surface area (Å²) in [5.41, 5.74) is 0. The number of rotatable bonds is 5. The Hall–Kier alpha value is -0.120. The molecule has 3 aliphatic rings. The van der Waals surface area contributed by atoms with Gasteiger partial charge >= 0.3 is 0 Å². The average Bonchev–Trinajstić information content (AvgIpc) is 3.32. The summed E-state index contributed by atoms with van der Waals surface area (Å²) in [6, 6.07) is 1.54. The SMILES string of the molecule is CCN1CCC(CN2CC(C3CC3)NCC2C(C)C)CC1. The van der Waals surface area contributed by atoms with Crippen LogP contribution in [-0.2, 0) is 0 Å². The van der Waals surface area contributed by atoms with Crippen molar-refractivity contribution >= 4 is 0 Å². The van der Waals surface area contributed by atoms with Gasteiger partial charge in [0, 0.05) is 31.7 Å². The molecule has 0 spiro atoms. The molecule has 0 aromatic rings. The molecule has 1 saturated carbocycles. The van der Waals surface area contributed by atoms with Gasteiger partial charge in [0.25, 0.3) is 0 Å². The molecule has 3 fully saturated rings. The van der Waals surface area contributed by atoms with E-state index in [2.05, 4.69) is 35.9 Å². The number of hydrogen-bond donors (Lipinski definition) is 1. The zero-order chi connectivity index (χ0) is 14.8. The van der Waals surface area contributed by atoms with Gasteiger partial charge in [0.05, 0.1) is 0 Å². The van der Waals surface area contributed by atoms with Crippen molar-refractivity contribution in [2.45, 2.75) is 58.5 Å². The monoisotopic (exact) mass is 293 g/mol. The van der Waals surface area contributed by atoms with Gasteiger partial charge in [-0.2, -0.15) is 0 Å². The lowest BCUT2D eigenvalue weighted by Gasteiger charge is -2.45. The fraction of sp³-hybridized carbons (Fsp3) is 1.00. The van der Waals surface area contributed by atoms with Gasteiger partial charge in [0.1, 0.15) is 0 Å². The topological polar surface area (TPSA) is 18.5 Å². The molecule has 3 nitrogen and oxygen atoms in total. The Kier molecular flexibility index (Phi) is 5.23. The molecule has 2 atom stereocenters. The minimum absolute atomic E-state index is 0.754. The Morgan fingerprint density at radius 3 is 2.38 bits per heavy atom. The predicted molar refractivity (Wildman–Crippen MR) is 89.6 cm³/mol. The van der Waals surface area contributed by atoms with E-state index in [4.69, 9.17) is 0 Å². The highest BCUT2D eigenvalue weighted by Crippen LogP contribution is 2.35. The minimum atomic E-state index is 0.754. The second-order valence-electron chi connectivity index (χ2n) is 8.00. The van der Waals surface area contributed by atoms with Crippen LogP contribution >= 0.6 is 0 Å². The average molecular weight is 293 g/mol. The predicted octanol–water partition coefficient (Wildman–Crippen LogP) is 2.43. The third-order valence-electron chi connectivity index (χ3n) is 6.10. The zero-order valence-corrected chi connectivity index (χ0v) is 14.4. The summed E-state index contributed by atoms with van der Waals surface area (Å²) in [6.07, 6.45) is 5.76. The number of nitrogens with one attached hydrogen (secondary N) is 1. The number of likely N-dealkylation sites (tertiary alicyclic amines) is 1. The summed E-state index contributed by atoms with van der Waals surface area (Å²) < 4.78 is 0. The molecule has 0 amide bonds. The molecule has 1 aliphatic carbocycles. The summed E-state index contributed by atoms with van der Waals surface area (Å²) in [4.78, 5) is 5.47. The number of piperazine rings is 1. The van der Waals surface area contributed by atoms with Gasteiger partial charge < -0.3 is 10.2 Å². The third kappa shape index (κ3) is 4.00. The lowest BCUT2D eigenvalue weighted by molar-refractivity contribution is 0.0601. The van der Waals surface area contributed by atoms with Crippen molar-refractivity contribution in [2.24, 2.45) is 17.8 Å². The van der Waals surface area contributed by atoms with Gasteiger partial charge in [-0.05, 0) is 63.1 Å². The van der Waals surface area contributed by atoms with Gasteiger partial charge in [-0.3, -0.25) is 4.90 Å². The van der Waals surface area contributed by atoms with Crippen LogP contribution in [0.25, 0.3) is 0 Å². The van der Waals surface area contributed by atoms with Crippen LogP contribution in [0.3, 0.4) is 0 Å². The number of hydrogen-bond acceptors (Lipinski definition) is 3. The van der Waals surface area contributed by atoms with E-state index in [0.29, 0.717) is 0 Å². The van der Waals surface area contributed by atoms with Crippen molar-refractivity contribution in [1.29, 1.82) is 0 Å². The van der Waals surface area contributed by atoms with Crippen LogP contribution in [-0.4, -0.2) is 61.2 Å². The normalized spacial score (nSPS) is 33.7. The van der Waals surface area contributed by atoms with Gasteiger partial charge in [-0.15, -0.1) is 0 Å². The third-order valence-corrected chi connectivity index (χ3v) is 6.10. The highest BCUT2D eigenvalue weighted by molar-refractivity contribution is 4.95. The zero-order valence-electron chi connectivity index (χ0n) is 14.4. The fourth-order valence-corrected chi connectivity index (χ4v) is 4.35. The summed E-state index contributed by atoms with van der Waals surface area (Å²) in [5, 5.41) is 3.85. The Labute approximate surface area is 131 Å². The van der Waals surface area contributed by atoms with E-state index < -0.39 is 0 Å². The molecule has 0 aromatic heterocycles. The second-order valence-corrected chi connectivity index (χ2v) is 8.00. The number of piperidine rings is 1. The summed E-state index contributed by atoms with van der Waals surface area (Å²) in [7, 11) is 0. The molecule has 2 aliphatic heterocycles. The van der Waals surface area contributed by atoms with Crippen molar-refractivity contribution < 1.29 is 0 Å². The molecule has 2 heterocycles. The Morgan fingerprint density at radius 2 is 1.81 bits per heavy atom. The maximum atomic E-state index is 3.85. The fourth-order valence-electron chi connectivity index (χ4n) is 4.35. The maximum Gasteiger partial charge on any atom is 0.0244 e. The van der Waals surface area contributed by atoms with Crippen LogP contribution in [0.5, 0.6) is 0 Å². The van der Waals surface area contributed by atoms with E-state index in [1.54, 1.807) is 0 Å². The lowest BCUT2D eigenvalue weighted by Crippen LogP contribution is -2.60.